The molecule has 4 nitrogen and oxygen atoms in total. The van der Waals surface area contributed by atoms with Crippen LogP contribution in [0.5, 0.6) is 0 Å². The molecule has 0 heterocycles. The van der Waals surface area contributed by atoms with E-state index in [1.165, 1.54) is 19.8 Å². The van der Waals surface area contributed by atoms with Gasteiger partial charge in [0.15, 0.2) is 5.78 Å². The molecule has 0 amide bonds. The molecule has 1 N–H and O–H groups in total. The van der Waals surface area contributed by atoms with Crippen LogP contribution in [0.15, 0.2) is 0 Å². The van der Waals surface area contributed by atoms with Crippen LogP contribution in [0.4, 0.5) is 0 Å². The van der Waals surface area contributed by atoms with Gasteiger partial charge in [-0.2, -0.15) is 0 Å². The Kier molecular flexibility index (Phi) is 4.53. The topological polar surface area (TPSA) is 63.6 Å². The maximum Gasteiger partial charge on any atom is 0.302 e. The minimum absolute atomic E-state index is 0.0345. The second-order valence-corrected chi connectivity index (χ2v) is 10.6. The molecule has 0 aromatic rings. The van der Waals surface area contributed by atoms with E-state index >= 15 is 0 Å². The Morgan fingerprint density at radius 3 is 2.30 bits per heavy atom. The summed E-state index contributed by atoms with van der Waals surface area (Å²) >= 11 is 0. The van der Waals surface area contributed by atoms with Gasteiger partial charge in [0.05, 0.1) is 0 Å². The van der Waals surface area contributed by atoms with E-state index in [2.05, 4.69) is 13.8 Å². The van der Waals surface area contributed by atoms with Gasteiger partial charge in [0.1, 0.15) is 11.7 Å². The van der Waals surface area contributed by atoms with Crippen molar-refractivity contribution in [1.29, 1.82) is 0 Å². The second-order valence-electron chi connectivity index (χ2n) is 10.6. The Bertz CT molecular complexity index is 644. The number of ketones is 1. The molecule has 4 aliphatic rings. The van der Waals surface area contributed by atoms with Gasteiger partial charge in [0, 0.05) is 12.3 Å². The van der Waals surface area contributed by atoms with Crippen LogP contribution in [0.25, 0.3) is 0 Å². The standard InChI is InChI=1S/C23H36O4/c1-14(24)23(26)12-9-20-18-6-5-16-13-17(27-15(2)25)7-10-21(16,3)19(18)8-11-22(20,23)4/h16-20,26H,5-13H2,1-4H3/t16-,17-,18-,19+,20-,21-,22-,23+/m1/s1. The number of hydrogen-bond donors (Lipinski definition) is 1. The average molecular weight is 377 g/mol. The number of hydrogen-bond acceptors (Lipinski definition) is 4. The van der Waals surface area contributed by atoms with Crippen molar-refractivity contribution in [1.82, 2.24) is 0 Å². The van der Waals surface area contributed by atoms with E-state index in [0.717, 1.165) is 38.5 Å². The van der Waals surface area contributed by atoms with Crippen molar-refractivity contribution in [2.75, 3.05) is 0 Å². The van der Waals surface area contributed by atoms with Gasteiger partial charge in [-0.05, 0) is 93.8 Å². The van der Waals surface area contributed by atoms with Crippen molar-refractivity contribution in [3.8, 4) is 0 Å². The Labute approximate surface area is 163 Å². The van der Waals surface area contributed by atoms with E-state index in [9.17, 15) is 14.7 Å². The Hall–Kier alpha value is -0.900. The lowest BCUT2D eigenvalue weighted by Gasteiger charge is -2.61. The van der Waals surface area contributed by atoms with Gasteiger partial charge in [-0.1, -0.05) is 13.8 Å². The normalized spacial score (nSPS) is 51.7. The van der Waals surface area contributed by atoms with E-state index in [1.807, 2.05) is 0 Å². The van der Waals surface area contributed by atoms with Crippen LogP contribution in [0.2, 0.25) is 0 Å². The van der Waals surface area contributed by atoms with E-state index in [-0.39, 0.29) is 23.3 Å². The summed E-state index contributed by atoms with van der Waals surface area (Å²) in [5.74, 6) is 2.22. The fraction of sp³-hybridized carbons (Fsp3) is 0.913. The zero-order valence-electron chi connectivity index (χ0n) is 17.4. The maximum absolute atomic E-state index is 12.3. The van der Waals surface area contributed by atoms with Gasteiger partial charge in [0.25, 0.3) is 0 Å². The first kappa shape index (κ1) is 19.4. The molecule has 0 aliphatic heterocycles. The predicted octanol–water partition coefficient (Wildman–Crippen LogP) is 4.28. The molecule has 8 atom stereocenters. The van der Waals surface area contributed by atoms with Crippen molar-refractivity contribution in [2.24, 2.45) is 34.5 Å². The highest BCUT2D eigenvalue weighted by Crippen LogP contribution is 2.68. The monoisotopic (exact) mass is 376 g/mol. The minimum Gasteiger partial charge on any atom is -0.463 e. The highest BCUT2D eigenvalue weighted by Gasteiger charge is 2.66. The molecule has 4 rings (SSSR count). The molecule has 4 saturated carbocycles. The number of Topliss-reactive ketones (excluding diaryl/α,β-unsaturated/α-hetero) is 1. The molecule has 0 radical (unpaired) electrons. The second kappa shape index (κ2) is 6.30. The van der Waals surface area contributed by atoms with Gasteiger partial charge in [0.2, 0.25) is 0 Å². The summed E-state index contributed by atoms with van der Waals surface area (Å²) in [6.45, 7) is 7.76. The SMILES string of the molecule is CC(=O)O[C@@H]1CC[C@]2(C)[C@H](CC[C@H]3[C@H]4CC[C@](O)(C(C)=O)[C@]4(C)CC[C@@H]32)C1. The summed E-state index contributed by atoms with van der Waals surface area (Å²) in [5, 5.41) is 11.2. The predicted molar refractivity (Wildman–Crippen MR) is 103 cm³/mol. The zero-order valence-corrected chi connectivity index (χ0v) is 17.4. The smallest absolute Gasteiger partial charge is 0.302 e. The van der Waals surface area contributed by atoms with Gasteiger partial charge in [-0.25, -0.2) is 0 Å². The van der Waals surface area contributed by atoms with Gasteiger partial charge < -0.3 is 9.84 Å². The minimum atomic E-state index is -1.12. The summed E-state index contributed by atoms with van der Waals surface area (Å²) in [6, 6.07) is 0. The van der Waals surface area contributed by atoms with Crippen LogP contribution in [-0.2, 0) is 14.3 Å². The molecule has 0 unspecified atom stereocenters. The van der Waals surface area contributed by atoms with Crippen molar-refractivity contribution >= 4 is 11.8 Å². The fourth-order valence-corrected chi connectivity index (χ4v) is 8.15. The Morgan fingerprint density at radius 2 is 1.63 bits per heavy atom. The zero-order chi connectivity index (χ0) is 19.6. The molecule has 4 heteroatoms. The molecule has 0 saturated heterocycles. The van der Waals surface area contributed by atoms with Crippen LogP contribution in [0, 0.1) is 34.5 Å². The van der Waals surface area contributed by atoms with E-state index in [1.54, 1.807) is 6.92 Å². The molecule has 0 aromatic carbocycles. The number of ether oxygens (including phenoxy) is 1. The van der Waals surface area contributed by atoms with Crippen LogP contribution in [0.1, 0.15) is 85.5 Å². The van der Waals surface area contributed by atoms with Crippen molar-refractivity contribution in [3.63, 3.8) is 0 Å². The summed E-state index contributed by atoms with van der Waals surface area (Å²) < 4.78 is 5.55. The van der Waals surface area contributed by atoms with Crippen LogP contribution in [-0.4, -0.2) is 28.6 Å². The summed E-state index contributed by atoms with van der Waals surface area (Å²) in [6.07, 6.45) is 9.34. The lowest BCUT2D eigenvalue weighted by molar-refractivity contribution is -0.175. The number of carbonyl (C=O) groups excluding carboxylic acids is 2. The summed E-state index contributed by atoms with van der Waals surface area (Å²) in [5.41, 5.74) is -1.05. The molecule has 0 bridgehead atoms. The Morgan fingerprint density at radius 1 is 0.926 bits per heavy atom. The van der Waals surface area contributed by atoms with Crippen molar-refractivity contribution in [2.45, 2.75) is 97.2 Å². The average Bonchev–Trinajstić information content (AvgIpc) is 2.87. The first-order chi connectivity index (χ1) is 12.6. The first-order valence-corrected chi connectivity index (χ1v) is 11.0. The number of aliphatic hydroxyl groups is 1. The third-order valence-corrected chi connectivity index (χ3v) is 9.68. The molecule has 152 valence electrons. The number of esters is 1. The molecule has 0 aromatic heterocycles. The van der Waals surface area contributed by atoms with Crippen LogP contribution >= 0.6 is 0 Å². The Balaban J connectivity index is 1.56. The van der Waals surface area contributed by atoms with Gasteiger partial charge >= 0.3 is 5.97 Å². The largest absolute Gasteiger partial charge is 0.463 e. The number of fused-ring (bicyclic) bond motifs is 5. The third-order valence-electron chi connectivity index (χ3n) is 9.68. The van der Waals surface area contributed by atoms with E-state index in [4.69, 9.17) is 4.74 Å². The quantitative estimate of drug-likeness (QED) is 0.731. The van der Waals surface area contributed by atoms with Crippen molar-refractivity contribution in [3.05, 3.63) is 0 Å². The van der Waals surface area contributed by atoms with Crippen LogP contribution < -0.4 is 0 Å². The highest BCUT2D eigenvalue weighted by molar-refractivity contribution is 5.86. The molecular formula is C23H36O4. The van der Waals surface area contributed by atoms with Gasteiger partial charge in [-0.3, -0.25) is 9.59 Å². The van der Waals surface area contributed by atoms with Crippen LogP contribution in [0.3, 0.4) is 0 Å². The lowest BCUT2D eigenvalue weighted by Crippen LogP contribution is -2.58. The molecule has 4 fully saturated rings. The maximum atomic E-state index is 12.3. The third kappa shape index (κ3) is 2.65. The summed E-state index contributed by atoms with van der Waals surface area (Å²) in [4.78, 5) is 23.7. The van der Waals surface area contributed by atoms with Gasteiger partial charge in [-0.15, -0.1) is 0 Å². The fourth-order valence-electron chi connectivity index (χ4n) is 8.15. The summed E-state index contributed by atoms with van der Waals surface area (Å²) in [7, 11) is 0. The lowest BCUT2D eigenvalue weighted by atomic mass is 9.44. The highest BCUT2D eigenvalue weighted by atomic mass is 16.5. The van der Waals surface area contributed by atoms with E-state index < -0.39 is 5.60 Å². The number of carbonyl (C=O) groups is 2. The molecule has 4 aliphatic carbocycles. The molecular weight excluding hydrogens is 340 g/mol. The first-order valence-electron chi connectivity index (χ1n) is 11.0. The molecule has 0 spiro atoms. The van der Waals surface area contributed by atoms with Crippen molar-refractivity contribution < 1.29 is 19.4 Å². The van der Waals surface area contributed by atoms with E-state index in [0.29, 0.717) is 35.5 Å². The molecule has 27 heavy (non-hydrogen) atoms. The number of rotatable bonds is 2.